The highest BCUT2D eigenvalue weighted by molar-refractivity contribution is 5.48. The zero-order chi connectivity index (χ0) is 8.27. The summed E-state index contributed by atoms with van der Waals surface area (Å²) in [7, 11) is 0. The molecule has 1 rings (SSSR count). The van der Waals surface area contributed by atoms with E-state index in [0.717, 1.165) is 11.8 Å². The second-order valence-corrected chi connectivity index (χ2v) is 2.17. The van der Waals surface area contributed by atoms with E-state index in [4.69, 9.17) is 0 Å². The number of halogens is 2. The van der Waals surface area contributed by atoms with Gasteiger partial charge in [-0.05, 0) is 18.6 Å². The van der Waals surface area contributed by atoms with Crippen LogP contribution in [-0.2, 0) is 0 Å². The standard InChI is InChI=1S/C8H7F2N/c1-6-2-3-7(5-11-6)4-8(9)10/h2-5H,1H3. The number of hydrogen-bond donors (Lipinski definition) is 0. The Labute approximate surface area is 63.4 Å². The number of aryl methyl sites for hydroxylation is 1. The van der Waals surface area contributed by atoms with Crippen LogP contribution in [0.2, 0.25) is 0 Å². The Kier molecular flexibility index (Phi) is 2.31. The van der Waals surface area contributed by atoms with Crippen LogP contribution in [0.15, 0.2) is 24.4 Å². The number of rotatable bonds is 1. The third-order valence-corrected chi connectivity index (χ3v) is 1.21. The fourth-order valence-electron chi connectivity index (χ4n) is 0.691. The molecular weight excluding hydrogens is 148 g/mol. The first-order valence-corrected chi connectivity index (χ1v) is 3.14. The Morgan fingerprint density at radius 1 is 1.45 bits per heavy atom. The lowest BCUT2D eigenvalue weighted by Crippen LogP contribution is -1.79. The fourth-order valence-corrected chi connectivity index (χ4v) is 0.691. The van der Waals surface area contributed by atoms with Crippen molar-refractivity contribution >= 4 is 6.08 Å². The van der Waals surface area contributed by atoms with Crippen molar-refractivity contribution in [1.29, 1.82) is 0 Å². The highest BCUT2D eigenvalue weighted by Gasteiger charge is 1.91. The van der Waals surface area contributed by atoms with E-state index in [2.05, 4.69) is 4.98 Å². The molecule has 1 heterocycles. The van der Waals surface area contributed by atoms with Crippen LogP contribution in [0.3, 0.4) is 0 Å². The molecule has 1 nitrogen and oxygen atoms in total. The predicted molar refractivity (Wildman–Crippen MR) is 39.2 cm³/mol. The van der Waals surface area contributed by atoms with Crippen LogP contribution in [0.25, 0.3) is 6.08 Å². The maximum Gasteiger partial charge on any atom is 0.270 e. The number of nitrogens with zero attached hydrogens (tertiary/aromatic N) is 1. The minimum atomic E-state index is -1.70. The van der Waals surface area contributed by atoms with Gasteiger partial charge in [0.2, 0.25) is 0 Å². The number of hydrogen-bond acceptors (Lipinski definition) is 1. The van der Waals surface area contributed by atoms with Gasteiger partial charge in [-0.15, -0.1) is 0 Å². The van der Waals surface area contributed by atoms with Gasteiger partial charge in [0, 0.05) is 18.0 Å². The molecule has 0 unspecified atom stereocenters. The van der Waals surface area contributed by atoms with Crippen molar-refractivity contribution in [3.8, 4) is 0 Å². The van der Waals surface area contributed by atoms with Crippen LogP contribution < -0.4 is 0 Å². The molecule has 3 heteroatoms. The van der Waals surface area contributed by atoms with Gasteiger partial charge in [-0.1, -0.05) is 6.07 Å². The molecule has 0 N–H and O–H groups in total. The van der Waals surface area contributed by atoms with Gasteiger partial charge in [0.15, 0.2) is 0 Å². The lowest BCUT2D eigenvalue weighted by molar-refractivity contribution is 0.429. The minimum absolute atomic E-state index is 0.426. The lowest BCUT2D eigenvalue weighted by atomic mass is 10.2. The van der Waals surface area contributed by atoms with Crippen LogP contribution in [0.4, 0.5) is 8.78 Å². The van der Waals surface area contributed by atoms with Crippen molar-refractivity contribution in [2.24, 2.45) is 0 Å². The van der Waals surface area contributed by atoms with E-state index in [9.17, 15) is 8.78 Å². The minimum Gasteiger partial charge on any atom is -0.261 e. The van der Waals surface area contributed by atoms with Gasteiger partial charge in [0.05, 0.1) is 0 Å². The van der Waals surface area contributed by atoms with E-state index in [1.807, 2.05) is 0 Å². The van der Waals surface area contributed by atoms with Crippen molar-refractivity contribution < 1.29 is 8.78 Å². The molecule has 0 aliphatic heterocycles. The molecule has 0 atom stereocenters. The summed E-state index contributed by atoms with van der Waals surface area (Å²) in [4.78, 5) is 3.85. The van der Waals surface area contributed by atoms with Crippen molar-refractivity contribution in [3.63, 3.8) is 0 Å². The largest absolute Gasteiger partial charge is 0.270 e. The molecule has 0 spiro atoms. The molecule has 0 aliphatic rings. The molecule has 0 saturated heterocycles. The normalized spacial score (nSPS) is 9.36. The topological polar surface area (TPSA) is 12.9 Å². The van der Waals surface area contributed by atoms with Gasteiger partial charge in [-0.25, -0.2) is 0 Å². The molecule has 0 bridgehead atoms. The zero-order valence-corrected chi connectivity index (χ0v) is 6.01. The van der Waals surface area contributed by atoms with Crippen LogP contribution in [-0.4, -0.2) is 4.98 Å². The van der Waals surface area contributed by atoms with E-state index < -0.39 is 6.08 Å². The van der Waals surface area contributed by atoms with Gasteiger partial charge < -0.3 is 0 Å². The van der Waals surface area contributed by atoms with Crippen molar-refractivity contribution in [3.05, 3.63) is 35.7 Å². The Morgan fingerprint density at radius 3 is 2.64 bits per heavy atom. The number of pyridine rings is 1. The Morgan fingerprint density at radius 2 is 2.18 bits per heavy atom. The predicted octanol–water partition coefficient (Wildman–Crippen LogP) is 2.63. The van der Waals surface area contributed by atoms with Gasteiger partial charge >= 0.3 is 0 Å². The van der Waals surface area contributed by atoms with Gasteiger partial charge in [-0.2, -0.15) is 8.78 Å². The molecule has 0 radical (unpaired) electrons. The third kappa shape index (κ3) is 2.45. The monoisotopic (exact) mass is 155 g/mol. The Bertz CT molecular complexity index is 260. The zero-order valence-electron chi connectivity index (χ0n) is 6.01. The van der Waals surface area contributed by atoms with Gasteiger partial charge in [0.1, 0.15) is 0 Å². The van der Waals surface area contributed by atoms with Crippen LogP contribution in [0, 0.1) is 6.92 Å². The molecule has 11 heavy (non-hydrogen) atoms. The maximum absolute atomic E-state index is 11.7. The second kappa shape index (κ2) is 3.23. The number of aromatic nitrogens is 1. The summed E-state index contributed by atoms with van der Waals surface area (Å²) in [6.45, 7) is 1.80. The van der Waals surface area contributed by atoms with Gasteiger partial charge in [0.25, 0.3) is 6.08 Å². The first-order chi connectivity index (χ1) is 5.18. The highest BCUT2D eigenvalue weighted by atomic mass is 19.3. The van der Waals surface area contributed by atoms with Crippen LogP contribution in [0.5, 0.6) is 0 Å². The molecule has 0 saturated carbocycles. The van der Waals surface area contributed by atoms with Crippen molar-refractivity contribution in [2.75, 3.05) is 0 Å². The van der Waals surface area contributed by atoms with Crippen molar-refractivity contribution in [1.82, 2.24) is 4.98 Å². The third-order valence-electron chi connectivity index (χ3n) is 1.21. The average Bonchev–Trinajstić information content (AvgIpc) is 1.93. The van der Waals surface area contributed by atoms with E-state index in [0.29, 0.717) is 5.56 Å². The SMILES string of the molecule is Cc1ccc(C=C(F)F)cn1. The summed E-state index contributed by atoms with van der Waals surface area (Å²) in [5.41, 5.74) is 1.25. The summed E-state index contributed by atoms with van der Waals surface area (Å²) >= 11 is 0. The molecule has 0 aromatic carbocycles. The highest BCUT2D eigenvalue weighted by Crippen LogP contribution is 2.07. The molecular formula is C8H7F2N. The summed E-state index contributed by atoms with van der Waals surface area (Å²) in [5, 5.41) is 0. The summed E-state index contributed by atoms with van der Waals surface area (Å²) in [6.07, 6.45) is 0.497. The van der Waals surface area contributed by atoms with E-state index in [-0.39, 0.29) is 0 Å². The second-order valence-electron chi connectivity index (χ2n) is 2.17. The van der Waals surface area contributed by atoms with E-state index in [1.54, 1.807) is 19.1 Å². The quantitative estimate of drug-likeness (QED) is 0.607. The summed E-state index contributed by atoms with van der Waals surface area (Å²) in [5.74, 6) is 0. The first-order valence-electron chi connectivity index (χ1n) is 3.14. The fraction of sp³-hybridized carbons (Fsp3) is 0.125. The van der Waals surface area contributed by atoms with E-state index >= 15 is 0 Å². The van der Waals surface area contributed by atoms with Gasteiger partial charge in [-0.3, -0.25) is 4.98 Å². The summed E-state index contributed by atoms with van der Waals surface area (Å²) < 4.78 is 23.3. The van der Waals surface area contributed by atoms with Crippen LogP contribution in [0.1, 0.15) is 11.3 Å². The molecule has 58 valence electrons. The maximum atomic E-state index is 11.7. The van der Waals surface area contributed by atoms with E-state index in [1.165, 1.54) is 6.20 Å². The molecule has 0 aliphatic carbocycles. The Balaban J connectivity index is 2.91. The molecule has 1 aromatic heterocycles. The Hall–Kier alpha value is -1.25. The molecule has 1 aromatic rings. The first kappa shape index (κ1) is 7.85. The molecule has 0 amide bonds. The van der Waals surface area contributed by atoms with Crippen molar-refractivity contribution in [2.45, 2.75) is 6.92 Å². The van der Waals surface area contributed by atoms with Crippen LogP contribution >= 0.6 is 0 Å². The smallest absolute Gasteiger partial charge is 0.261 e. The summed E-state index contributed by atoms with van der Waals surface area (Å²) in [6, 6.07) is 3.29. The average molecular weight is 155 g/mol. The molecule has 0 fully saturated rings. The lowest BCUT2D eigenvalue weighted by Gasteiger charge is -1.91.